The Hall–Kier alpha value is -2.20. The van der Waals surface area contributed by atoms with E-state index in [-0.39, 0.29) is 17.1 Å². The van der Waals surface area contributed by atoms with E-state index in [1.54, 1.807) is 0 Å². The van der Waals surface area contributed by atoms with Gasteiger partial charge in [0.15, 0.2) is 0 Å². The third-order valence-electron chi connectivity index (χ3n) is 3.24. The van der Waals surface area contributed by atoms with Crippen LogP contribution in [-0.2, 0) is 0 Å². The van der Waals surface area contributed by atoms with Crippen molar-refractivity contribution >= 4 is 11.5 Å². The van der Waals surface area contributed by atoms with Gasteiger partial charge in [0, 0.05) is 12.7 Å². The first kappa shape index (κ1) is 13.2. The van der Waals surface area contributed by atoms with Gasteiger partial charge in [0.05, 0.1) is 4.92 Å². The maximum Gasteiger partial charge on any atom is 0.328 e. The fraction of sp³-hybridized carbons (Fsp3) is 0.500. The number of nitro groups is 1. The number of nitrogens with one attached hydrogen (secondary N) is 2. The number of aromatic nitrogens is 1. The van der Waals surface area contributed by atoms with Crippen LogP contribution < -0.4 is 10.6 Å². The lowest BCUT2D eigenvalue weighted by Crippen LogP contribution is -2.31. The third-order valence-corrected chi connectivity index (χ3v) is 3.24. The summed E-state index contributed by atoms with van der Waals surface area (Å²) in [4.78, 5) is 14.4. The molecular weight excluding hydrogens is 246 g/mol. The zero-order valence-electron chi connectivity index (χ0n) is 10.4. The molecule has 7 nitrogen and oxygen atoms in total. The molecule has 0 aliphatic carbocycles. The van der Waals surface area contributed by atoms with Crippen LogP contribution >= 0.6 is 0 Å². The minimum Gasteiger partial charge on any atom is -0.364 e. The number of hydrogen-bond donors (Lipinski definition) is 2. The van der Waals surface area contributed by atoms with Crippen LogP contribution in [0.5, 0.6) is 0 Å². The molecule has 0 spiro atoms. The summed E-state index contributed by atoms with van der Waals surface area (Å²) in [6, 6.07) is 3.18. The molecule has 0 amide bonds. The van der Waals surface area contributed by atoms with Crippen molar-refractivity contribution < 1.29 is 4.92 Å². The first-order chi connectivity index (χ1) is 9.22. The van der Waals surface area contributed by atoms with Gasteiger partial charge in [-0.3, -0.25) is 10.1 Å². The molecule has 0 radical (unpaired) electrons. The predicted octanol–water partition coefficient (Wildman–Crippen LogP) is 1.27. The summed E-state index contributed by atoms with van der Waals surface area (Å²) in [5.74, 6) is 0.663. The van der Waals surface area contributed by atoms with Crippen molar-refractivity contribution in [3.8, 4) is 6.07 Å². The summed E-state index contributed by atoms with van der Waals surface area (Å²) >= 11 is 0. The number of nitrogens with zero attached hydrogens (tertiary/aromatic N) is 3. The molecule has 0 saturated carbocycles. The molecule has 2 rings (SSSR count). The summed E-state index contributed by atoms with van der Waals surface area (Å²) in [7, 11) is 0. The van der Waals surface area contributed by atoms with Gasteiger partial charge < -0.3 is 10.6 Å². The topological polar surface area (TPSA) is 104 Å². The lowest BCUT2D eigenvalue weighted by Gasteiger charge is -2.22. The van der Waals surface area contributed by atoms with Crippen LogP contribution in [0.4, 0.5) is 11.5 Å². The minimum atomic E-state index is -0.559. The summed E-state index contributed by atoms with van der Waals surface area (Å²) in [5, 5.41) is 26.2. The molecule has 1 aromatic heterocycles. The van der Waals surface area contributed by atoms with Crippen molar-refractivity contribution in [1.82, 2.24) is 10.3 Å². The lowest BCUT2D eigenvalue weighted by atomic mass is 9.98. The van der Waals surface area contributed by atoms with E-state index in [1.165, 1.54) is 12.3 Å². The van der Waals surface area contributed by atoms with E-state index in [9.17, 15) is 10.1 Å². The van der Waals surface area contributed by atoms with Gasteiger partial charge in [-0.1, -0.05) is 0 Å². The zero-order valence-corrected chi connectivity index (χ0v) is 10.4. The van der Waals surface area contributed by atoms with Crippen LogP contribution in [0, 0.1) is 27.4 Å². The molecule has 1 aliphatic rings. The first-order valence-electron chi connectivity index (χ1n) is 6.20. The molecule has 0 unspecified atom stereocenters. The highest BCUT2D eigenvalue weighted by Crippen LogP contribution is 2.26. The second-order valence-electron chi connectivity index (χ2n) is 4.50. The van der Waals surface area contributed by atoms with Gasteiger partial charge in [0.1, 0.15) is 11.6 Å². The van der Waals surface area contributed by atoms with Gasteiger partial charge in [0.2, 0.25) is 5.82 Å². The molecule has 7 heteroatoms. The van der Waals surface area contributed by atoms with E-state index in [0.29, 0.717) is 12.5 Å². The Morgan fingerprint density at radius 2 is 2.32 bits per heavy atom. The van der Waals surface area contributed by atoms with Crippen LogP contribution in [0.2, 0.25) is 0 Å². The normalized spacial score (nSPS) is 15.7. The van der Waals surface area contributed by atoms with Crippen molar-refractivity contribution in [2.75, 3.05) is 25.0 Å². The number of nitriles is 1. The van der Waals surface area contributed by atoms with Gasteiger partial charge in [0.25, 0.3) is 0 Å². The van der Waals surface area contributed by atoms with Crippen LogP contribution in [0.3, 0.4) is 0 Å². The molecule has 1 fully saturated rings. The number of rotatable bonds is 4. The Morgan fingerprint density at radius 1 is 1.58 bits per heavy atom. The molecule has 0 bridgehead atoms. The smallest absolute Gasteiger partial charge is 0.328 e. The minimum absolute atomic E-state index is 0.0350. The molecule has 100 valence electrons. The molecule has 1 saturated heterocycles. The standard InChI is InChI=1S/C12H15N5O2/c13-7-10-3-6-15-12(11(10)17(18)19)16-8-9-1-4-14-5-2-9/h3,6,9,14H,1-2,4-5,8H2,(H,15,16). The third kappa shape index (κ3) is 3.17. The van der Waals surface area contributed by atoms with E-state index >= 15 is 0 Å². The second kappa shape index (κ2) is 6.11. The van der Waals surface area contributed by atoms with E-state index in [2.05, 4.69) is 15.6 Å². The molecule has 19 heavy (non-hydrogen) atoms. The fourth-order valence-corrected chi connectivity index (χ4v) is 2.19. The highest BCUT2D eigenvalue weighted by Gasteiger charge is 2.22. The summed E-state index contributed by atoms with van der Waals surface area (Å²) in [6.07, 6.45) is 3.49. The Kier molecular flexibility index (Phi) is 4.26. The monoisotopic (exact) mass is 261 g/mol. The second-order valence-corrected chi connectivity index (χ2v) is 4.50. The van der Waals surface area contributed by atoms with Crippen LogP contribution in [0.1, 0.15) is 18.4 Å². The van der Waals surface area contributed by atoms with Crippen molar-refractivity contribution in [3.05, 3.63) is 27.9 Å². The molecular formula is C12H15N5O2. The van der Waals surface area contributed by atoms with Crippen molar-refractivity contribution in [2.45, 2.75) is 12.8 Å². The average molecular weight is 261 g/mol. The summed E-state index contributed by atoms with van der Waals surface area (Å²) in [5.41, 5.74) is -0.202. The van der Waals surface area contributed by atoms with Crippen molar-refractivity contribution in [1.29, 1.82) is 5.26 Å². The SMILES string of the molecule is N#Cc1ccnc(NCC2CCNCC2)c1[N+](=O)[O-]. The van der Waals surface area contributed by atoms with Crippen LogP contribution in [0.15, 0.2) is 12.3 Å². The van der Waals surface area contributed by atoms with Gasteiger partial charge in [-0.25, -0.2) is 4.98 Å². The van der Waals surface area contributed by atoms with Gasteiger partial charge >= 0.3 is 5.69 Å². The van der Waals surface area contributed by atoms with E-state index in [0.717, 1.165) is 25.9 Å². The molecule has 0 atom stereocenters. The average Bonchev–Trinajstić information content (AvgIpc) is 2.45. The number of anilines is 1. The highest BCUT2D eigenvalue weighted by atomic mass is 16.6. The Morgan fingerprint density at radius 3 is 2.95 bits per heavy atom. The van der Waals surface area contributed by atoms with E-state index in [4.69, 9.17) is 5.26 Å². The molecule has 1 aromatic rings. The van der Waals surface area contributed by atoms with Gasteiger partial charge in [-0.05, 0) is 37.9 Å². The van der Waals surface area contributed by atoms with Crippen LogP contribution in [0.25, 0.3) is 0 Å². The van der Waals surface area contributed by atoms with Crippen molar-refractivity contribution in [2.24, 2.45) is 5.92 Å². The number of pyridine rings is 1. The molecule has 2 heterocycles. The molecule has 1 aliphatic heterocycles. The quantitative estimate of drug-likeness (QED) is 0.625. The molecule has 2 N–H and O–H groups in total. The Labute approximate surface area is 110 Å². The lowest BCUT2D eigenvalue weighted by molar-refractivity contribution is -0.384. The zero-order chi connectivity index (χ0) is 13.7. The number of hydrogen-bond acceptors (Lipinski definition) is 6. The summed E-state index contributed by atoms with van der Waals surface area (Å²) in [6.45, 7) is 2.59. The van der Waals surface area contributed by atoms with Crippen LogP contribution in [-0.4, -0.2) is 29.5 Å². The Balaban J connectivity index is 2.11. The Bertz CT molecular complexity index is 505. The largest absolute Gasteiger partial charge is 0.364 e. The summed E-state index contributed by atoms with van der Waals surface area (Å²) < 4.78 is 0. The fourth-order valence-electron chi connectivity index (χ4n) is 2.19. The van der Waals surface area contributed by atoms with E-state index < -0.39 is 4.92 Å². The van der Waals surface area contributed by atoms with Crippen molar-refractivity contribution in [3.63, 3.8) is 0 Å². The van der Waals surface area contributed by atoms with Gasteiger partial charge in [-0.2, -0.15) is 5.26 Å². The maximum absolute atomic E-state index is 11.0. The number of piperidine rings is 1. The first-order valence-corrected chi connectivity index (χ1v) is 6.20. The molecule has 0 aromatic carbocycles. The highest BCUT2D eigenvalue weighted by molar-refractivity contribution is 5.64. The maximum atomic E-state index is 11.0. The van der Waals surface area contributed by atoms with Gasteiger partial charge in [-0.15, -0.1) is 0 Å². The predicted molar refractivity (Wildman–Crippen MR) is 69.7 cm³/mol. The van der Waals surface area contributed by atoms with E-state index in [1.807, 2.05) is 6.07 Å².